The van der Waals surface area contributed by atoms with Crippen LogP contribution in [0.5, 0.6) is 0 Å². The second-order valence-electron chi connectivity index (χ2n) is 8.43. The highest BCUT2D eigenvalue weighted by atomic mass is 19.1. The number of halogens is 1. The lowest BCUT2D eigenvalue weighted by atomic mass is 10.0. The summed E-state index contributed by atoms with van der Waals surface area (Å²) in [7, 11) is 0. The molecule has 0 aliphatic heterocycles. The fourth-order valence-corrected chi connectivity index (χ4v) is 3.77. The SMILES string of the molecule is CC(C)n1nc(C(=O)Nc2cc(NC(=O)Cc3ccc4ccccc4c3)cnc2F)c(C(N)=O)c1N. The average Bonchev–Trinajstić information content (AvgIpc) is 3.19. The lowest BCUT2D eigenvalue weighted by molar-refractivity contribution is -0.115. The van der Waals surface area contributed by atoms with Gasteiger partial charge in [-0.25, -0.2) is 9.67 Å². The van der Waals surface area contributed by atoms with E-state index < -0.39 is 17.8 Å². The van der Waals surface area contributed by atoms with E-state index in [2.05, 4.69) is 20.7 Å². The number of carbonyl (C=O) groups is 3. The van der Waals surface area contributed by atoms with Gasteiger partial charge in [-0.2, -0.15) is 9.49 Å². The Labute approximate surface area is 205 Å². The van der Waals surface area contributed by atoms with Crippen molar-refractivity contribution in [2.45, 2.75) is 26.3 Å². The number of nitrogens with two attached hydrogens (primary N) is 2. The van der Waals surface area contributed by atoms with Gasteiger partial charge in [0.2, 0.25) is 11.9 Å². The molecule has 0 fully saturated rings. The number of pyridine rings is 1. The Morgan fingerprint density at radius 1 is 1.06 bits per heavy atom. The molecule has 0 unspecified atom stereocenters. The summed E-state index contributed by atoms with van der Waals surface area (Å²) in [6.45, 7) is 3.51. The molecule has 0 saturated heterocycles. The number of benzene rings is 2. The van der Waals surface area contributed by atoms with Gasteiger partial charge in [0.25, 0.3) is 11.8 Å². The monoisotopic (exact) mass is 489 g/mol. The molecule has 0 saturated carbocycles. The van der Waals surface area contributed by atoms with Crippen LogP contribution in [0.4, 0.5) is 21.6 Å². The second kappa shape index (κ2) is 9.82. The number of amides is 3. The molecule has 2 heterocycles. The molecule has 11 heteroatoms. The number of carbonyl (C=O) groups excluding carboxylic acids is 3. The van der Waals surface area contributed by atoms with E-state index in [9.17, 15) is 18.8 Å². The molecule has 6 N–H and O–H groups in total. The van der Waals surface area contributed by atoms with Crippen molar-refractivity contribution >= 4 is 45.7 Å². The summed E-state index contributed by atoms with van der Waals surface area (Å²) >= 11 is 0. The van der Waals surface area contributed by atoms with E-state index in [4.69, 9.17) is 11.5 Å². The van der Waals surface area contributed by atoms with Crippen molar-refractivity contribution in [3.63, 3.8) is 0 Å². The van der Waals surface area contributed by atoms with E-state index in [1.807, 2.05) is 42.5 Å². The topological polar surface area (TPSA) is 158 Å². The van der Waals surface area contributed by atoms with Crippen LogP contribution in [0.15, 0.2) is 54.7 Å². The van der Waals surface area contributed by atoms with Crippen molar-refractivity contribution in [3.8, 4) is 0 Å². The molecule has 0 aliphatic rings. The zero-order chi connectivity index (χ0) is 26.0. The first-order valence-corrected chi connectivity index (χ1v) is 11.1. The highest BCUT2D eigenvalue weighted by Gasteiger charge is 2.27. The van der Waals surface area contributed by atoms with Crippen LogP contribution < -0.4 is 22.1 Å². The van der Waals surface area contributed by atoms with Crippen molar-refractivity contribution in [2.24, 2.45) is 5.73 Å². The van der Waals surface area contributed by atoms with Crippen LogP contribution >= 0.6 is 0 Å². The van der Waals surface area contributed by atoms with E-state index >= 15 is 0 Å². The smallest absolute Gasteiger partial charge is 0.277 e. The number of hydrogen-bond donors (Lipinski definition) is 4. The fourth-order valence-electron chi connectivity index (χ4n) is 3.77. The minimum absolute atomic E-state index is 0.0732. The number of primary amides is 1. The number of aromatic nitrogens is 3. The van der Waals surface area contributed by atoms with Gasteiger partial charge in [-0.15, -0.1) is 0 Å². The molecule has 2 aromatic carbocycles. The number of fused-ring (bicyclic) bond motifs is 1. The van der Waals surface area contributed by atoms with E-state index in [0.717, 1.165) is 22.5 Å². The second-order valence-corrected chi connectivity index (χ2v) is 8.43. The molecule has 0 atom stereocenters. The summed E-state index contributed by atoms with van der Waals surface area (Å²) in [6.07, 6.45) is 1.21. The van der Waals surface area contributed by atoms with Crippen molar-refractivity contribution in [1.82, 2.24) is 14.8 Å². The van der Waals surface area contributed by atoms with E-state index in [-0.39, 0.29) is 46.8 Å². The van der Waals surface area contributed by atoms with Gasteiger partial charge in [-0.05, 0) is 36.2 Å². The van der Waals surface area contributed by atoms with Crippen LogP contribution in [-0.4, -0.2) is 32.5 Å². The maximum Gasteiger partial charge on any atom is 0.277 e. The third-order valence-corrected chi connectivity index (χ3v) is 5.45. The molecule has 3 amide bonds. The van der Waals surface area contributed by atoms with Crippen molar-refractivity contribution < 1.29 is 18.8 Å². The van der Waals surface area contributed by atoms with Gasteiger partial charge in [0.15, 0.2) is 5.69 Å². The summed E-state index contributed by atoms with van der Waals surface area (Å²) in [5.74, 6) is -3.27. The Bertz CT molecular complexity index is 1500. The summed E-state index contributed by atoms with van der Waals surface area (Å²) in [4.78, 5) is 40.9. The molecule has 2 aromatic heterocycles. The van der Waals surface area contributed by atoms with E-state index in [0.29, 0.717) is 0 Å². The van der Waals surface area contributed by atoms with E-state index in [1.54, 1.807) is 13.8 Å². The Morgan fingerprint density at radius 3 is 2.47 bits per heavy atom. The lowest BCUT2D eigenvalue weighted by Crippen LogP contribution is -2.21. The molecular weight excluding hydrogens is 465 g/mol. The lowest BCUT2D eigenvalue weighted by Gasteiger charge is -2.09. The molecule has 4 rings (SSSR count). The summed E-state index contributed by atoms with van der Waals surface area (Å²) in [5.41, 5.74) is 11.3. The number of anilines is 3. The summed E-state index contributed by atoms with van der Waals surface area (Å²) < 4.78 is 15.6. The Morgan fingerprint density at radius 2 is 1.78 bits per heavy atom. The van der Waals surface area contributed by atoms with Crippen LogP contribution in [0.3, 0.4) is 0 Å². The van der Waals surface area contributed by atoms with E-state index in [1.165, 1.54) is 10.7 Å². The van der Waals surface area contributed by atoms with Gasteiger partial charge >= 0.3 is 0 Å². The molecular formula is C25H24FN7O3. The normalized spacial score (nSPS) is 11.0. The molecule has 36 heavy (non-hydrogen) atoms. The van der Waals surface area contributed by atoms with Crippen LogP contribution in [-0.2, 0) is 11.2 Å². The number of nitrogen functional groups attached to an aromatic ring is 1. The van der Waals surface area contributed by atoms with Crippen LogP contribution in [0.2, 0.25) is 0 Å². The predicted octanol–water partition coefficient (Wildman–Crippen LogP) is 3.27. The highest BCUT2D eigenvalue weighted by Crippen LogP contribution is 2.23. The van der Waals surface area contributed by atoms with Gasteiger partial charge in [0, 0.05) is 6.04 Å². The van der Waals surface area contributed by atoms with Crippen LogP contribution in [0.1, 0.15) is 46.3 Å². The van der Waals surface area contributed by atoms with Crippen molar-refractivity contribution in [3.05, 3.63) is 77.5 Å². The van der Waals surface area contributed by atoms with Crippen molar-refractivity contribution in [2.75, 3.05) is 16.4 Å². The number of hydrogen-bond acceptors (Lipinski definition) is 6. The van der Waals surface area contributed by atoms with Crippen molar-refractivity contribution in [1.29, 1.82) is 0 Å². The molecule has 184 valence electrons. The fraction of sp³-hybridized carbons (Fsp3) is 0.160. The predicted molar refractivity (Wildman–Crippen MR) is 134 cm³/mol. The minimum atomic E-state index is -0.993. The molecule has 4 aromatic rings. The van der Waals surface area contributed by atoms with Gasteiger partial charge in [-0.3, -0.25) is 14.4 Å². The molecule has 0 aliphatic carbocycles. The van der Waals surface area contributed by atoms with Gasteiger partial charge < -0.3 is 22.1 Å². The quantitative estimate of drug-likeness (QED) is 0.292. The number of nitrogens with one attached hydrogen (secondary N) is 2. The standard InChI is InChI=1S/C25H24FN7O3/c1-13(2)33-23(27)20(24(28)35)21(32-33)25(36)31-18-11-17(12-29-22(18)26)30-19(34)10-14-7-8-15-5-3-4-6-16(15)9-14/h3-9,11-13H,10,27H2,1-2H3,(H2,28,35)(H,30,34)(H,31,36). The van der Waals surface area contributed by atoms with Gasteiger partial charge in [0.05, 0.1) is 24.0 Å². The first kappa shape index (κ1) is 24.3. The Balaban J connectivity index is 1.51. The van der Waals surface area contributed by atoms with Gasteiger partial charge in [0.1, 0.15) is 11.4 Å². The minimum Gasteiger partial charge on any atom is -0.383 e. The molecule has 0 spiro atoms. The molecule has 0 bridgehead atoms. The summed E-state index contributed by atoms with van der Waals surface area (Å²) in [5, 5.41) is 11.1. The Hall–Kier alpha value is -4.80. The van der Waals surface area contributed by atoms with Crippen LogP contribution in [0, 0.1) is 5.95 Å². The molecule has 0 radical (unpaired) electrons. The summed E-state index contributed by atoms with van der Waals surface area (Å²) in [6, 6.07) is 14.4. The zero-order valence-corrected chi connectivity index (χ0v) is 19.6. The average molecular weight is 490 g/mol. The third-order valence-electron chi connectivity index (χ3n) is 5.45. The first-order valence-electron chi connectivity index (χ1n) is 11.1. The number of rotatable bonds is 7. The zero-order valence-electron chi connectivity index (χ0n) is 19.6. The highest BCUT2D eigenvalue weighted by molar-refractivity contribution is 6.13. The maximum atomic E-state index is 14.4. The molecule has 10 nitrogen and oxygen atoms in total. The van der Waals surface area contributed by atoms with Crippen LogP contribution in [0.25, 0.3) is 10.8 Å². The largest absolute Gasteiger partial charge is 0.383 e. The third kappa shape index (κ3) is 4.99. The number of nitrogens with zero attached hydrogens (tertiary/aromatic N) is 3. The van der Waals surface area contributed by atoms with Gasteiger partial charge in [-0.1, -0.05) is 42.5 Å². The maximum absolute atomic E-state index is 14.4. The Kier molecular flexibility index (Phi) is 6.64. The first-order chi connectivity index (χ1) is 17.1.